The predicted octanol–water partition coefficient (Wildman–Crippen LogP) is 7.56. The van der Waals surface area contributed by atoms with Gasteiger partial charge in [0.15, 0.2) is 7.14 Å². The van der Waals surface area contributed by atoms with Crippen molar-refractivity contribution in [1.82, 2.24) is 4.57 Å². The van der Waals surface area contributed by atoms with Crippen molar-refractivity contribution in [2.45, 2.75) is 0 Å². The number of hydrogen-bond donors (Lipinski definition) is 0. The third kappa shape index (κ3) is 2.68. The lowest BCUT2D eigenvalue weighted by atomic mass is 10.0. The van der Waals surface area contributed by atoms with Crippen LogP contribution >= 0.6 is 7.14 Å². The molecule has 0 radical (unpaired) electrons. The van der Waals surface area contributed by atoms with Crippen LogP contribution in [0.5, 0.6) is 0 Å². The first-order valence-electron chi connectivity index (χ1n) is 12.6. The number of nitrogens with zero attached hydrogens (tertiary/aromatic N) is 1. The molecule has 0 amide bonds. The summed E-state index contributed by atoms with van der Waals surface area (Å²) < 4.78 is 17.6. The molecule has 1 atom stereocenters. The molecule has 7 aromatic rings. The van der Waals surface area contributed by atoms with Crippen molar-refractivity contribution in [1.29, 1.82) is 0 Å². The number of para-hydroxylation sites is 1. The fourth-order valence-corrected chi connectivity index (χ4v) is 9.29. The van der Waals surface area contributed by atoms with Gasteiger partial charge >= 0.3 is 0 Å². The van der Waals surface area contributed by atoms with Crippen LogP contribution in [0.3, 0.4) is 0 Å². The fraction of sp³-hybridized carbons (Fsp3) is 0. The maximum absolute atomic E-state index is 15.2. The van der Waals surface area contributed by atoms with E-state index in [-0.39, 0.29) is 0 Å². The molecule has 1 unspecified atom stereocenters. The van der Waals surface area contributed by atoms with E-state index in [2.05, 4.69) is 102 Å². The van der Waals surface area contributed by atoms with Crippen molar-refractivity contribution in [2.75, 3.05) is 0 Å². The van der Waals surface area contributed by atoms with Gasteiger partial charge in [0.25, 0.3) is 0 Å². The van der Waals surface area contributed by atoms with Crippen LogP contribution in [0, 0.1) is 0 Å². The molecule has 2 heterocycles. The largest absolute Gasteiger partial charge is 0.309 e. The summed E-state index contributed by atoms with van der Waals surface area (Å²) in [4.78, 5) is 0. The first-order valence-corrected chi connectivity index (χ1v) is 14.3. The minimum Gasteiger partial charge on any atom is -0.309 e. The maximum Gasteiger partial charge on any atom is 0.172 e. The Hall–Kier alpha value is -4.39. The monoisotopic (exact) mass is 491 g/mol. The van der Waals surface area contributed by atoms with Crippen LogP contribution in [0.25, 0.3) is 49.4 Å². The highest BCUT2D eigenvalue weighted by Crippen LogP contribution is 2.54. The van der Waals surface area contributed by atoms with E-state index in [1.807, 2.05) is 36.4 Å². The van der Waals surface area contributed by atoms with Crippen molar-refractivity contribution in [2.24, 2.45) is 0 Å². The van der Waals surface area contributed by atoms with Crippen LogP contribution in [0.4, 0.5) is 0 Å². The predicted molar refractivity (Wildman–Crippen MR) is 157 cm³/mol. The van der Waals surface area contributed by atoms with Crippen molar-refractivity contribution in [3.63, 3.8) is 0 Å². The SMILES string of the molecule is O=P1(c2ccccc2)c2ccccc2-c2c1ccc1c3ccccc3n(-c3cccc4ccccc34)c21. The Kier molecular flexibility index (Phi) is 4.24. The Bertz CT molecular complexity index is 2060. The lowest BCUT2D eigenvalue weighted by Gasteiger charge is -2.16. The highest BCUT2D eigenvalue weighted by atomic mass is 31.2. The smallest absolute Gasteiger partial charge is 0.172 e. The number of fused-ring (bicyclic) bond motifs is 8. The van der Waals surface area contributed by atoms with Crippen molar-refractivity contribution < 1.29 is 4.57 Å². The average molecular weight is 492 g/mol. The lowest BCUT2D eigenvalue weighted by Crippen LogP contribution is -2.20. The van der Waals surface area contributed by atoms with Gasteiger partial charge in [-0.25, -0.2) is 0 Å². The molecule has 3 heteroatoms. The van der Waals surface area contributed by atoms with Gasteiger partial charge in [-0.15, -0.1) is 0 Å². The van der Waals surface area contributed by atoms with E-state index in [1.54, 1.807) is 0 Å². The van der Waals surface area contributed by atoms with Crippen LogP contribution in [-0.2, 0) is 4.57 Å². The molecule has 0 aliphatic carbocycles. The Labute approximate surface area is 214 Å². The lowest BCUT2D eigenvalue weighted by molar-refractivity contribution is 0.593. The van der Waals surface area contributed by atoms with Gasteiger partial charge < -0.3 is 9.13 Å². The molecular weight excluding hydrogens is 469 g/mol. The molecule has 1 aliphatic rings. The minimum absolute atomic E-state index is 0.883. The Morgan fingerprint density at radius 2 is 1.22 bits per heavy atom. The molecule has 6 aromatic carbocycles. The maximum atomic E-state index is 15.2. The molecule has 174 valence electrons. The second-order valence-electron chi connectivity index (χ2n) is 9.67. The normalized spacial score (nSPS) is 16.3. The number of benzene rings is 6. The van der Waals surface area contributed by atoms with E-state index < -0.39 is 7.14 Å². The highest BCUT2D eigenvalue weighted by molar-refractivity contribution is 7.86. The molecule has 0 N–H and O–H groups in total. The molecule has 0 bridgehead atoms. The van der Waals surface area contributed by atoms with Crippen molar-refractivity contribution >= 4 is 55.6 Å². The quantitative estimate of drug-likeness (QED) is 0.229. The molecule has 2 nitrogen and oxygen atoms in total. The highest BCUT2D eigenvalue weighted by Gasteiger charge is 2.41. The fourth-order valence-electron chi connectivity index (χ4n) is 6.23. The molecule has 0 saturated heterocycles. The van der Waals surface area contributed by atoms with Gasteiger partial charge in [-0.2, -0.15) is 0 Å². The summed E-state index contributed by atoms with van der Waals surface area (Å²) in [6.45, 7) is 0. The third-order valence-electron chi connectivity index (χ3n) is 7.79. The number of hydrogen-bond acceptors (Lipinski definition) is 1. The second-order valence-corrected chi connectivity index (χ2v) is 12.4. The Balaban J connectivity index is 1.61. The van der Waals surface area contributed by atoms with Gasteiger partial charge in [0.05, 0.1) is 16.7 Å². The van der Waals surface area contributed by atoms with Crippen LogP contribution in [0.15, 0.2) is 133 Å². The van der Waals surface area contributed by atoms with Crippen LogP contribution in [-0.4, -0.2) is 4.57 Å². The summed E-state index contributed by atoms with van der Waals surface area (Å²) in [5.41, 5.74) is 5.57. The van der Waals surface area contributed by atoms with Gasteiger partial charge in [-0.1, -0.05) is 115 Å². The van der Waals surface area contributed by atoms with Gasteiger partial charge in [-0.3, -0.25) is 0 Å². The first kappa shape index (κ1) is 20.8. The zero-order valence-corrected chi connectivity index (χ0v) is 20.9. The minimum atomic E-state index is -3.02. The molecule has 37 heavy (non-hydrogen) atoms. The second kappa shape index (κ2) is 7.56. The van der Waals surface area contributed by atoms with E-state index in [9.17, 15) is 0 Å². The van der Waals surface area contributed by atoms with E-state index in [4.69, 9.17) is 0 Å². The Morgan fingerprint density at radius 1 is 0.514 bits per heavy atom. The van der Waals surface area contributed by atoms with Gasteiger partial charge in [0.2, 0.25) is 0 Å². The molecule has 0 saturated carbocycles. The standard InChI is InChI=1S/C34H22NOP/c36-37(24-13-2-1-3-14-24)31-20-9-7-17-28(31)33-32(37)22-21-27-26-16-6-8-18-30(26)35(34(27)33)29-19-10-12-23-11-4-5-15-25(23)29/h1-22H. The van der Waals surface area contributed by atoms with Crippen LogP contribution < -0.4 is 15.9 Å². The summed E-state index contributed by atoms with van der Waals surface area (Å²) in [6, 6.07) is 46.2. The van der Waals surface area contributed by atoms with E-state index in [0.717, 1.165) is 43.8 Å². The zero-order valence-electron chi connectivity index (χ0n) is 20.0. The molecule has 0 spiro atoms. The average Bonchev–Trinajstić information content (AvgIpc) is 3.44. The molecule has 8 rings (SSSR count). The topological polar surface area (TPSA) is 22.0 Å². The van der Waals surface area contributed by atoms with E-state index >= 15 is 4.57 Å². The third-order valence-corrected chi connectivity index (χ3v) is 10.9. The molecule has 1 aliphatic heterocycles. The summed E-state index contributed by atoms with van der Waals surface area (Å²) in [5.74, 6) is 0. The summed E-state index contributed by atoms with van der Waals surface area (Å²) in [7, 11) is -3.02. The number of rotatable bonds is 2. The zero-order chi connectivity index (χ0) is 24.6. The molecule has 0 fully saturated rings. The van der Waals surface area contributed by atoms with Crippen LogP contribution in [0.2, 0.25) is 0 Å². The molecule has 1 aromatic heterocycles. The summed E-state index contributed by atoms with van der Waals surface area (Å²) >= 11 is 0. The molecular formula is C34H22NOP. The first-order chi connectivity index (χ1) is 18.3. The van der Waals surface area contributed by atoms with Crippen molar-refractivity contribution in [3.8, 4) is 16.8 Å². The Morgan fingerprint density at radius 3 is 2.11 bits per heavy atom. The van der Waals surface area contributed by atoms with Gasteiger partial charge in [-0.05, 0) is 29.1 Å². The van der Waals surface area contributed by atoms with E-state index in [1.165, 1.54) is 21.5 Å². The van der Waals surface area contributed by atoms with Crippen molar-refractivity contribution in [3.05, 3.63) is 133 Å². The van der Waals surface area contributed by atoms with Gasteiger partial charge in [0.1, 0.15) is 0 Å². The number of aromatic nitrogens is 1. The van der Waals surface area contributed by atoms with Gasteiger partial charge in [0, 0.05) is 37.6 Å². The summed E-state index contributed by atoms with van der Waals surface area (Å²) in [5, 5.41) is 7.52. The summed E-state index contributed by atoms with van der Waals surface area (Å²) in [6.07, 6.45) is 0. The van der Waals surface area contributed by atoms with Crippen LogP contribution in [0.1, 0.15) is 0 Å². The van der Waals surface area contributed by atoms with E-state index in [0.29, 0.717) is 0 Å².